The van der Waals surface area contributed by atoms with Gasteiger partial charge in [-0.05, 0) is 12.1 Å². The summed E-state index contributed by atoms with van der Waals surface area (Å²) >= 11 is 0. The Kier molecular flexibility index (Phi) is 3.38. The van der Waals surface area contributed by atoms with Crippen molar-refractivity contribution in [2.24, 2.45) is 5.41 Å². The van der Waals surface area contributed by atoms with Gasteiger partial charge in [-0.15, -0.1) is 0 Å². The maximum absolute atomic E-state index is 12.1. The van der Waals surface area contributed by atoms with Crippen LogP contribution in [0.15, 0.2) is 18.3 Å². The number of carboxylic acids is 1. The van der Waals surface area contributed by atoms with Crippen molar-refractivity contribution in [1.82, 2.24) is 9.88 Å². The summed E-state index contributed by atoms with van der Waals surface area (Å²) in [6.07, 6.45) is 2.49. The lowest BCUT2D eigenvalue weighted by atomic mass is 9.84. The second-order valence-electron chi connectivity index (χ2n) is 4.55. The molecule has 2 rings (SSSR count). The fraction of sp³-hybridized carbons (Fsp3) is 0.500. The molecular weight excluding hydrogens is 236 g/mol. The third-order valence-corrected chi connectivity index (χ3v) is 3.24. The normalized spacial score (nSPS) is 16.9. The van der Waals surface area contributed by atoms with Gasteiger partial charge in [-0.3, -0.25) is 9.59 Å². The molecule has 6 heteroatoms. The topological polar surface area (TPSA) is 82.6 Å². The number of hydrogen-bond acceptors (Lipinski definition) is 3. The van der Waals surface area contributed by atoms with Crippen molar-refractivity contribution >= 4 is 11.9 Å². The van der Waals surface area contributed by atoms with Crippen LogP contribution in [0.1, 0.15) is 5.69 Å². The fourth-order valence-electron chi connectivity index (χ4n) is 1.92. The number of carbonyl (C=O) groups excluding carboxylic acids is 1. The molecule has 1 amide bonds. The van der Waals surface area contributed by atoms with Gasteiger partial charge in [-0.1, -0.05) is 0 Å². The zero-order chi connectivity index (χ0) is 13.2. The van der Waals surface area contributed by atoms with Crippen molar-refractivity contribution in [2.45, 2.75) is 6.42 Å². The van der Waals surface area contributed by atoms with E-state index in [0.29, 0.717) is 13.0 Å². The highest BCUT2D eigenvalue weighted by molar-refractivity contribution is 6.03. The van der Waals surface area contributed by atoms with Crippen LogP contribution in [0.3, 0.4) is 0 Å². The number of aliphatic carboxylic acids is 1. The number of aromatic amines is 1. The molecule has 1 saturated heterocycles. The van der Waals surface area contributed by atoms with Gasteiger partial charge in [0.1, 0.15) is 0 Å². The molecular formula is C12H16N2O4. The Hall–Kier alpha value is -1.82. The molecule has 2 N–H and O–H groups in total. The molecule has 6 nitrogen and oxygen atoms in total. The Morgan fingerprint density at radius 2 is 2.28 bits per heavy atom. The summed E-state index contributed by atoms with van der Waals surface area (Å²) in [4.78, 5) is 27.7. The molecule has 1 aliphatic rings. The smallest absolute Gasteiger partial charge is 0.324 e. The summed E-state index contributed by atoms with van der Waals surface area (Å²) in [7, 11) is 1.62. The lowest BCUT2D eigenvalue weighted by Gasteiger charge is -2.38. The molecule has 0 aromatic carbocycles. The second-order valence-corrected chi connectivity index (χ2v) is 4.55. The van der Waals surface area contributed by atoms with Crippen LogP contribution in [0, 0.1) is 5.41 Å². The van der Waals surface area contributed by atoms with Gasteiger partial charge in [0.2, 0.25) is 5.91 Å². The summed E-state index contributed by atoms with van der Waals surface area (Å²) in [5.74, 6) is -1.49. The maximum Gasteiger partial charge on any atom is 0.324 e. The van der Waals surface area contributed by atoms with Gasteiger partial charge in [0, 0.05) is 31.9 Å². The van der Waals surface area contributed by atoms with Crippen LogP contribution in [-0.4, -0.2) is 53.7 Å². The van der Waals surface area contributed by atoms with Crippen LogP contribution in [0.4, 0.5) is 0 Å². The SMILES string of the molecule is CN(CCc1ccc[nH]1)C(=O)C1(C(=O)O)COC1. The summed E-state index contributed by atoms with van der Waals surface area (Å²) in [5.41, 5.74) is -0.353. The predicted molar refractivity (Wildman–Crippen MR) is 63.0 cm³/mol. The predicted octanol–water partition coefficient (Wildman–Crippen LogP) is 0.117. The molecule has 0 bridgehead atoms. The van der Waals surface area contributed by atoms with Crippen LogP contribution in [0.25, 0.3) is 0 Å². The maximum atomic E-state index is 12.1. The molecule has 0 radical (unpaired) electrons. The first-order valence-corrected chi connectivity index (χ1v) is 5.75. The van der Waals surface area contributed by atoms with Gasteiger partial charge in [-0.25, -0.2) is 0 Å². The third kappa shape index (κ3) is 2.11. The van der Waals surface area contributed by atoms with E-state index >= 15 is 0 Å². The molecule has 0 unspecified atom stereocenters. The standard InChI is InChI=1S/C12H16N2O4/c1-14(6-4-9-3-2-5-13-9)10(15)12(11(16)17)7-18-8-12/h2-3,5,13H,4,6-8H2,1H3,(H,16,17). The molecule has 0 spiro atoms. The highest BCUT2D eigenvalue weighted by Gasteiger charge is 2.54. The molecule has 98 valence electrons. The number of amides is 1. The number of likely N-dealkylation sites (N-methyl/N-ethyl adjacent to an activating group) is 1. The minimum Gasteiger partial charge on any atom is -0.480 e. The lowest BCUT2D eigenvalue weighted by molar-refractivity contribution is -0.190. The molecule has 0 aliphatic carbocycles. The minimum atomic E-state index is -1.37. The first-order valence-electron chi connectivity index (χ1n) is 5.75. The summed E-state index contributed by atoms with van der Waals surface area (Å²) < 4.78 is 4.89. The average Bonchev–Trinajstić information content (AvgIpc) is 2.76. The van der Waals surface area contributed by atoms with E-state index < -0.39 is 11.4 Å². The van der Waals surface area contributed by atoms with Crippen molar-refractivity contribution in [3.63, 3.8) is 0 Å². The number of carboxylic acid groups (broad SMARTS) is 1. The van der Waals surface area contributed by atoms with E-state index in [1.54, 1.807) is 7.05 Å². The van der Waals surface area contributed by atoms with E-state index in [1.165, 1.54) is 4.90 Å². The van der Waals surface area contributed by atoms with Gasteiger partial charge in [0.05, 0.1) is 13.2 Å². The minimum absolute atomic E-state index is 0.0337. The lowest BCUT2D eigenvalue weighted by Crippen LogP contribution is -2.59. The van der Waals surface area contributed by atoms with E-state index in [4.69, 9.17) is 9.84 Å². The van der Waals surface area contributed by atoms with Crippen LogP contribution in [0.5, 0.6) is 0 Å². The summed E-state index contributed by atoms with van der Waals surface area (Å²) in [6.45, 7) is 0.413. The highest BCUT2D eigenvalue weighted by Crippen LogP contribution is 2.30. The molecule has 1 aromatic rings. The first-order chi connectivity index (χ1) is 8.56. The molecule has 18 heavy (non-hydrogen) atoms. The van der Waals surface area contributed by atoms with E-state index in [1.807, 2.05) is 18.3 Å². The fourth-order valence-corrected chi connectivity index (χ4v) is 1.92. The zero-order valence-electron chi connectivity index (χ0n) is 10.2. The Morgan fingerprint density at radius 1 is 1.56 bits per heavy atom. The molecule has 1 aromatic heterocycles. The Balaban J connectivity index is 1.94. The largest absolute Gasteiger partial charge is 0.480 e. The molecule has 0 saturated carbocycles. The number of H-pyrrole nitrogens is 1. The van der Waals surface area contributed by atoms with Crippen molar-refractivity contribution < 1.29 is 19.4 Å². The summed E-state index contributed by atoms with van der Waals surface area (Å²) in [5, 5.41) is 9.12. The highest BCUT2D eigenvalue weighted by atomic mass is 16.5. The molecule has 1 aliphatic heterocycles. The quantitative estimate of drug-likeness (QED) is 0.729. The van der Waals surface area contributed by atoms with Gasteiger partial charge in [0.15, 0.2) is 5.41 Å². The van der Waals surface area contributed by atoms with Crippen molar-refractivity contribution in [3.8, 4) is 0 Å². The molecule has 0 atom stereocenters. The van der Waals surface area contributed by atoms with Crippen molar-refractivity contribution in [1.29, 1.82) is 0 Å². The number of carbonyl (C=O) groups is 2. The van der Waals surface area contributed by atoms with Gasteiger partial charge < -0.3 is 19.7 Å². The van der Waals surface area contributed by atoms with E-state index in [9.17, 15) is 9.59 Å². The van der Waals surface area contributed by atoms with Crippen LogP contribution >= 0.6 is 0 Å². The zero-order valence-corrected chi connectivity index (χ0v) is 10.2. The summed E-state index contributed by atoms with van der Waals surface area (Å²) in [6, 6.07) is 3.81. The van der Waals surface area contributed by atoms with E-state index in [0.717, 1.165) is 5.69 Å². The van der Waals surface area contributed by atoms with Gasteiger partial charge in [0.25, 0.3) is 0 Å². The van der Waals surface area contributed by atoms with Crippen molar-refractivity contribution in [3.05, 3.63) is 24.0 Å². The number of aromatic nitrogens is 1. The number of nitrogens with zero attached hydrogens (tertiary/aromatic N) is 1. The second kappa shape index (κ2) is 4.81. The number of ether oxygens (including phenoxy) is 1. The van der Waals surface area contributed by atoms with Crippen molar-refractivity contribution in [2.75, 3.05) is 26.8 Å². The Morgan fingerprint density at radius 3 is 2.72 bits per heavy atom. The van der Waals surface area contributed by atoms with Gasteiger partial charge >= 0.3 is 5.97 Å². The number of rotatable bonds is 5. The first kappa shape index (κ1) is 12.6. The van der Waals surface area contributed by atoms with E-state index in [2.05, 4.69) is 4.98 Å². The number of hydrogen-bond donors (Lipinski definition) is 2. The molecule has 2 heterocycles. The average molecular weight is 252 g/mol. The molecule has 1 fully saturated rings. The number of nitrogens with one attached hydrogen (secondary N) is 1. The Bertz CT molecular complexity index is 437. The van der Waals surface area contributed by atoms with Gasteiger partial charge in [-0.2, -0.15) is 0 Å². The Labute approximate surface area is 105 Å². The monoisotopic (exact) mass is 252 g/mol. The van der Waals surface area contributed by atoms with Crippen LogP contribution < -0.4 is 0 Å². The van der Waals surface area contributed by atoms with E-state index in [-0.39, 0.29) is 19.1 Å². The van der Waals surface area contributed by atoms with Crippen LogP contribution in [0.2, 0.25) is 0 Å². The third-order valence-electron chi connectivity index (χ3n) is 3.24. The van der Waals surface area contributed by atoms with Crippen LogP contribution in [-0.2, 0) is 20.7 Å².